The first-order valence-corrected chi connectivity index (χ1v) is 9.34. The Balaban J connectivity index is 1.49. The van der Waals surface area contributed by atoms with Crippen molar-refractivity contribution in [3.05, 3.63) is 60.2 Å². The third-order valence-corrected chi connectivity index (χ3v) is 4.83. The SMILES string of the molecule is CC(C)(C)c1ccc(NC(=O)NC[C@H]2CC(=O)N(c3ccccc3)C2)cc1. The lowest BCUT2D eigenvalue weighted by Crippen LogP contribution is -2.34. The Hall–Kier alpha value is -2.82. The molecule has 0 aromatic heterocycles. The van der Waals surface area contributed by atoms with Crippen LogP contribution in [-0.4, -0.2) is 25.0 Å². The lowest BCUT2D eigenvalue weighted by Gasteiger charge is -2.19. The van der Waals surface area contributed by atoms with Crippen molar-refractivity contribution in [3.63, 3.8) is 0 Å². The molecule has 0 bridgehead atoms. The highest BCUT2D eigenvalue weighted by atomic mass is 16.2. The van der Waals surface area contributed by atoms with Gasteiger partial charge in [-0.05, 0) is 35.2 Å². The molecule has 142 valence electrons. The Bertz CT molecular complexity index is 795. The van der Waals surface area contributed by atoms with Gasteiger partial charge < -0.3 is 15.5 Å². The molecule has 0 saturated carbocycles. The molecule has 1 aliphatic rings. The summed E-state index contributed by atoms with van der Waals surface area (Å²) >= 11 is 0. The topological polar surface area (TPSA) is 61.4 Å². The summed E-state index contributed by atoms with van der Waals surface area (Å²) in [5.74, 6) is 0.220. The third kappa shape index (κ3) is 4.88. The van der Waals surface area contributed by atoms with E-state index >= 15 is 0 Å². The van der Waals surface area contributed by atoms with E-state index in [2.05, 4.69) is 31.4 Å². The van der Waals surface area contributed by atoms with Gasteiger partial charge in [-0.15, -0.1) is 0 Å². The molecule has 0 radical (unpaired) electrons. The number of hydrogen-bond acceptors (Lipinski definition) is 2. The molecular weight excluding hydrogens is 338 g/mol. The predicted octanol–water partition coefficient (Wildman–Crippen LogP) is 4.16. The largest absolute Gasteiger partial charge is 0.338 e. The average molecular weight is 365 g/mol. The zero-order chi connectivity index (χ0) is 19.4. The van der Waals surface area contributed by atoms with Crippen LogP contribution in [0.2, 0.25) is 0 Å². The number of hydrogen-bond donors (Lipinski definition) is 2. The van der Waals surface area contributed by atoms with Crippen LogP contribution in [0.25, 0.3) is 0 Å². The van der Waals surface area contributed by atoms with Crippen molar-refractivity contribution in [2.24, 2.45) is 5.92 Å². The van der Waals surface area contributed by atoms with E-state index in [9.17, 15) is 9.59 Å². The number of nitrogens with zero attached hydrogens (tertiary/aromatic N) is 1. The Kier molecular flexibility index (Phi) is 5.49. The fraction of sp³-hybridized carbons (Fsp3) is 0.364. The highest BCUT2D eigenvalue weighted by Crippen LogP contribution is 2.25. The van der Waals surface area contributed by atoms with Gasteiger partial charge in [0, 0.05) is 36.8 Å². The van der Waals surface area contributed by atoms with Gasteiger partial charge in [-0.25, -0.2) is 4.79 Å². The van der Waals surface area contributed by atoms with Gasteiger partial charge in [0.1, 0.15) is 0 Å². The zero-order valence-corrected chi connectivity index (χ0v) is 16.2. The number of nitrogens with one attached hydrogen (secondary N) is 2. The van der Waals surface area contributed by atoms with Crippen molar-refractivity contribution in [3.8, 4) is 0 Å². The van der Waals surface area contributed by atoms with Crippen molar-refractivity contribution in [1.29, 1.82) is 0 Å². The third-order valence-electron chi connectivity index (χ3n) is 4.83. The molecule has 3 amide bonds. The molecule has 3 rings (SSSR count). The lowest BCUT2D eigenvalue weighted by atomic mass is 9.87. The van der Waals surface area contributed by atoms with E-state index in [0.717, 1.165) is 11.4 Å². The van der Waals surface area contributed by atoms with Crippen LogP contribution in [0, 0.1) is 5.92 Å². The molecule has 0 unspecified atom stereocenters. The predicted molar refractivity (Wildman–Crippen MR) is 109 cm³/mol. The fourth-order valence-electron chi connectivity index (χ4n) is 3.24. The second kappa shape index (κ2) is 7.82. The molecule has 27 heavy (non-hydrogen) atoms. The van der Waals surface area contributed by atoms with E-state index in [-0.39, 0.29) is 23.3 Å². The maximum absolute atomic E-state index is 12.2. The number of urea groups is 1. The number of benzene rings is 2. The van der Waals surface area contributed by atoms with Crippen LogP contribution in [0.1, 0.15) is 32.8 Å². The number of carbonyl (C=O) groups is 2. The molecule has 0 spiro atoms. The molecular formula is C22H27N3O2. The second-order valence-corrected chi connectivity index (χ2v) is 8.07. The summed E-state index contributed by atoms with van der Waals surface area (Å²) < 4.78 is 0. The first kappa shape index (κ1) is 19.0. The fourth-order valence-corrected chi connectivity index (χ4v) is 3.24. The Morgan fingerprint density at radius 3 is 2.37 bits per heavy atom. The van der Waals surface area contributed by atoms with Crippen LogP contribution >= 0.6 is 0 Å². The van der Waals surface area contributed by atoms with Crippen molar-refractivity contribution >= 4 is 23.3 Å². The highest BCUT2D eigenvalue weighted by molar-refractivity contribution is 5.96. The van der Waals surface area contributed by atoms with E-state index in [0.29, 0.717) is 19.5 Å². The van der Waals surface area contributed by atoms with E-state index < -0.39 is 0 Å². The average Bonchev–Trinajstić information content (AvgIpc) is 3.01. The summed E-state index contributed by atoms with van der Waals surface area (Å²) in [6.45, 7) is 7.57. The summed E-state index contributed by atoms with van der Waals surface area (Å²) in [5.41, 5.74) is 2.97. The van der Waals surface area contributed by atoms with E-state index in [4.69, 9.17) is 0 Å². The van der Waals surface area contributed by atoms with Crippen molar-refractivity contribution in [1.82, 2.24) is 5.32 Å². The van der Waals surface area contributed by atoms with Gasteiger partial charge in [0.15, 0.2) is 0 Å². The quantitative estimate of drug-likeness (QED) is 0.855. The van der Waals surface area contributed by atoms with Crippen LogP contribution < -0.4 is 15.5 Å². The molecule has 5 nitrogen and oxygen atoms in total. The minimum atomic E-state index is -0.246. The van der Waals surface area contributed by atoms with Crippen molar-refractivity contribution in [2.45, 2.75) is 32.6 Å². The smallest absolute Gasteiger partial charge is 0.319 e. The molecule has 1 atom stereocenters. The minimum absolute atomic E-state index is 0.0838. The molecule has 2 N–H and O–H groups in total. The molecule has 1 aliphatic heterocycles. The van der Waals surface area contributed by atoms with Gasteiger partial charge >= 0.3 is 6.03 Å². The van der Waals surface area contributed by atoms with Crippen LogP contribution in [0.15, 0.2) is 54.6 Å². The van der Waals surface area contributed by atoms with Crippen LogP contribution in [0.5, 0.6) is 0 Å². The van der Waals surface area contributed by atoms with Gasteiger partial charge in [0.2, 0.25) is 5.91 Å². The molecule has 1 heterocycles. The van der Waals surface area contributed by atoms with E-state index in [1.54, 1.807) is 4.90 Å². The maximum atomic E-state index is 12.2. The Labute approximate surface area is 160 Å². The standard InChI is InChI=1S/C22H27N3O2/c1-22(2,3)17-9-11-18(12-10-17)24-21(27)23-14-16-13-20(26)25(15-16)19-7-5-4-6-8-19/h4-12,16H,13-15H2,1-3H3,(H2,23,24,27)/t16-/m1/s1. The zero-order valence-electron chi connectivity index (χ0n) is 16.2. The first-order valence-electron chi connectivity index (χ1n) is 9.34. The molecule has 5 heteroatoms. The van der Waals surface area contributed by atoms with Gasteiger partial charge in [0.25, 0.3) is 0 Å². The Morgan fingerprint density at radius 2 is 1.74 bits per heavy atom. The normalized spacial score (nSPS) is 17.1. The molecule has 0 aliphatic carbocycles. The monoisotopic (exact) mass is 365 g/mol. The lowest BCUT2D eigenvalue weighted by molar-refractivity contribution is -0.117. The first-order chi connectivity index (χ1) is 12.8. The minimum Gasteiger partial charge on any atom is -0.338 e. The highest BCUT2D eigenvalue weighted by Gasteiger charge is 2.30. The Morgan fingerprint density at radius 1 is 1.07 bits per heavy atom. The van der Waals surface area contributed by atoms with Gasteiger partial charge in [-0.2, -0.15) is 0 Å². The summed E-state index contributed by atoms with van der Waals surface area (Å²) in [6, 6.07) is 17.3. The van der Waals surface area contributed by atoms with Gasteiger partial charge in [0.05, 0.1) is 0 Å². The van der Waals surface area contributed by atoms with Gasteiger partial charge in [-0.3, -0.25) is 4.79 Å². The number of carbonyl (C=O) groups excluding carboxylic acids is 2. The number of rotatable bonds is 4. The number of amides is 3. The maximum Gasteiger partial charge on any atom is 0.319 e. The van der Waals surface area contributed by atoms with E-state index in [1.165, 1.54) is 5.56 Å². The molecule has 2 aromatic carbocycles. The molecule has 1 fully saturated rings. The summed E-state index contributed by atoms with van der Waals surface area (Å²) in [5, 5.41) is 5.73. The number of anilines is 2. The molecule has 2 aromatic rings. The van der Waals surface area contributed by atoms with Gasteiger partial charge in [-0.1, -0.05) is 51.1 Å². The van der Waals surface area contributed by atoms with Crippen LogP contribution in [0.4, 0.5) is 16.2 Å². The van der Waals surface area contributed by atoms with Crippen LogP contribution in [-0.2, 0) is 10.2 Å². The number of para-hydroxylation sites is 1. The summed E-state index contributed by atoms with van der Waals surface area (Å²) in [4.78, 5) is 26.2. The molecule has 1 saturated heterocycles. The second-order valence-electron chi connectivity index (χ2n) is 8.07. The summed E-state index contributed by atoms with van der Waals surface area (Å²) in [7, 11) is 0. The van der Waals surface area contributed by atoms with Crippen molar-refractivity contribution < 1.29 is 9.59 Å². The van der Waals surface area contributed by atoms with Crippen molar-refractivity contribution in [2.75, 3.05) is 23.3 Å². The van der Waals surface area contributed by atoms with E-state index in [1.807, 2.05) is 54.6 Å². The van der Waals surface area contributed by atoms with Crippen LogP contribution in [0.3, 0.4) is 0 Å². The summed E-state index contributed by atoms with van der Waals surface area (Å²) in [6.07, 6.45) is 0.454.